The Morgan fingerprint density at radius 3 is 2.64 bits per heavy atom. The molecule has 3 aromatic carbocycles. The van der Waals surface area contributed by atoms with Gasteiger partial charge in [0.1, 0.15) is 23.8 Å². The van der Waals surface area contributed by atoms with Crippen LogP contribution in [0.2, 0.25) is 5.02 Å². The summed E-state index contributed by atoms with van der Waals surface area (Å²) in [5.41, 5.74) is 2.10. The standard InChI is InChI=1S/C36H33ClFN5O2/c1-2-30(44)42-18-13-28-29(42)20-43(28)34-25-12-11-24(23-9-3-7-22-8-4-10-27(37)31(22)23)32(38)33(25)40-35(26(34)19-39)45-21-36-14-5-16-41(36)17-6-15-36/h2-4,7-12,28-29H,1,5-6,13-18,20-21H2/t28-,29-/m1/s1. The maximum atomic E-state index is 16.9. The number of nitrogens with zero attached hydrogens (tertiary/aromatic N) is 5. The molecule has 1 aromatic heterocycles. The third-order valence-corrected chi connectivity index (χ3v) is 10.9. The summed E-state index contributed by atoms with van der Waals surface area (Å²) in [5.74, 6) is -0.405. The van der Waals surface area contributed by atoms with Crippen LogP contribution in [0.3, 0.4) is 0 Å². The molecule has 45 heavy (non-hydrogen) atoms. The van der Waals surface area contributed by atoms with Gasteiger partial charge in [0, 0.05) is 34.4 Å². The second-order valence-corrected chi connectivity index (χ2v) is 13.1. The van der Waals surface area contributed by atoms with E-state index in [9.17, 15) is 10.1 Å². The highest BCUT2D eigenvalue weighted by Crippen LogP contribution is 2.46. The number of amides is 1. The van der Waals surface area contributed by atoms with Gasteiger partial charge in [-0.05, 0) is 74.4 Å². The van der Waals surface area contributed by atoms with Crippen LogP contribution < -0.4 is 9.64 Å². The van der Waals surface area contributed by atoms with E-state index in [2.05, 4.69) is 22.4 Å². The molecule has 2 atom stereocenters. The number of benzene rings is 3. The Morgan fingerprint density at radius 2 is 1.89 bits per heavy atom. The lowest BCUT2D eigenvalue weighted by molar-refractivity contribution is -0.127. The summed E-state index contributed by atoms with van der Waals surface area (Å²) in [7, 11) is 0. The molecule has 0 unspecified atom stereocenters. The first-order valence-corrected chi connectivity index (χ1v) is 16.1. The minimum absolute atomic E-state index is 0.0119. The van der Waals surface area contributed by atoms with Crippen LogP contribution in [-0.4, -0.2) is 71.1 Å². The van der Waals surface area contributed by atoms with E-state index in [1.165, 1.54) is 6.08 Å². The molecule has 0 aliphatic carbocycles. The highest BCUT2D eigenvalue weighted by molar-refractivity contribution is 6.36. The van der Waals surface area contributed by atoms with E-state index >= 15 is 4.39 Å². The number of ether oxygens (including phenoxy) is 1. The molecule has 1 amide bonds. The van der Waals surface area contributed by atoms with Gasteiger partial charge in [-0.1, -0.05) is 54.6 Å². The van der Waals surface area contributed by atoms with Crippen LogP contribution in [0, 0.1) is 17.1 Å². The van der Waals surface area contributed by atoms with Crippen LogP contribution in [0.1, 0.15) is 37.7 Å². The SMILES string of the molecule is C=CC(=O)N1CC[C@@H]2[C@H]1CN2c1c(C#N)c(OCC23CCCN2CCC3)nc2c(F)c(-c3cccc4cccc(Cl)c34)ccc12. The van der Waals surface area contributed by atoms with E-state index in [0.29, 0.717) is 52.5 Å². The van der Waals surface area contributed by atoms with Crippen molar-refractivity contribution in [2.24, 2.45) is 0 Å². The molecule has 4 fully saturated rings. The number of halogens is 2. The second kappa shape index (κ2) is 10.7. The molecule has 8 rings (SSSR count). The average Bonchev–Trinajstić information content (AvgIpc) is 3.72. The Labute approximate surface area is 266 Å². The number of anilines is 1. The largest absolute Gasteiger partial charge is 0.475 e. The van der Waals surface area contributed by atoms with Gasteiger partial charge in [-0.25, -0.2) is 9.37 Å². The molecule has 0 spiro atoms. The van der Waals surface area contributed by atoms with Gasteiger partial charge in [0.2, 0.25) is 11.8 Å². The third kappa shape index (κ3) is 4.24. The second-order valence-electron chi connectivity index (χ2n) is 12.7. The Hall–Kier alpha value is -4.19. The third-order valence-electron chi connectivity index (χ3n) is 10.6. The lowest BCUT2D eigenvalue weighted by Gasteiger charge is -2.48. The predicted molar refractivity (Wildman–Crippen MR) is 174 cm³/mol. The fourth-order valence-corrected chi connectivity index (χ4v) is 8.70. The summed E-state index contributed by atoms with van der Waals surface area (Å²) in [6.07, 6.45) is 6.42. The zero-order chi connectivity index (χ0) is 30.9. The molecule has 228 valence electrons. The van der Waals surface area contributed by atoms with Crippen LogP contribution in [0.5, 0.6) is 5.88 Å². The van der Waals surface area contributed by atoms with Crippen molar-refractivity contribution in [1.82, 2.24) is 14.8 Å². The van der Waals surface area contributed by atoms with Crippen LogP contribution in [0.15, 0.2) is 61.2 Å². The Morgan fingerprint density at radius 1 is 1.11 bits per heavy atom. The van der Waals surface area contributed by atoms with E-state index < -0.39 is 5.82 Å². The topological polar surface area (TPSA) is 72.7 Å². The normalized spacial score (nSPS) is 21.9. The van der Waals surface area contributed by atoms with Gasteiger partial charge in [-0.3, -0.25) is 9.69 Å². The van der Waals surface area contributed by atoms with E-state index in [0.717, 1.165) is 56.0 Å². The number of nitriles is 1. The highest BCUT2D eigenvalue weighted by Gasteiger charge is 2.50. The molecule has 0 radical (unpaired) electrons. The number of pyridine rings is 1. The number of rotatable bonds is 6. The summed E-state index contributed by atoms with van der Waals surface area (Å²) in [5, 5.41) is 13.4. The van der Waals surface area contributed by atoms with Crippen LogP contribution in [0.4, 0.5) is 10.1 Å². The van der Waals surface area contributed by atoms with Gasteiger partial charge < -0.3 is 14.5 Å². The number of likely N-dealkylation sites (tertiary alicyclic amines) is 1. The minimum atomic E-state index is -0.482. The number of aromatic nitrogens is 1. The van der Waals surface area contributed by atoms with Crippen molar-refractivity contribution in [3.8, 4) is 23.1 Å². The molecule has 7 nitrogen and oxygen atoms in total. The summed E-state index contributed by atoms with van der Waals surface area (Å²) in [4.78, 5) is 23.8. The molecule has 4 saturated heterocycles. The Bertz CT molecular complexity index is 1920. The molecule has 4 aromatic rings. The maximum Gasteiger partial charge on any atom is 0.246 e. The first-order valence-electron chi connectivity index (χ1n) is 15.8. The monoisotopic (exact) mass is 621 g/mol. The molecule has 9 heteroatoms. The van der Waals surface area contributed by atoms with Gasteiger partial charge >= 0.3 is 0 Å². The van der Waals surface area contributed by atoms with E-state index in [1.54, 1.807) is 6.07 Å². The predicted octanol–water partition coefficient (Wildman–Crippen LogP) is 6.70. The molecule has 5 heterocycles. The zero-order valence-corrected chi connectivity index (χ0v) is 25.7. The number of hydrogen-bond donors (Lipinski definition) is 0. The fourth-order valence-electron chi connectivity index (χ4n) is 8.42. The van der Waals surface area contributed by atoms with Gasteiger partial charge in [0.05, 0.1) is 23.3 Å². The quantitative estimate of drug-likeness (QED) is 0.223. The molecular formula is C36H33ClFN5O2. The van der Waals surface area contributed by atoms with Crippen molar-refractivity contribution in [2.45, 2.75) is 49.7 Å². The molecule has 0 N–H and O–H groups in total. The lowest BCUT2D eigenvalue weighted by atomic mass is 9.92. The van der Waals surface area contributed by atoms with Crippen molar-refractivity contribution >= 4 is 44.9 Å². The van der Waals surface area contributed by atoms with E-state index in [-0.39, 0.29) is 34.9 Å². The summed E-state index contributed by atoms with van der Waals surface area (Å²) in [6.45, 7) is 7.32. The van der Waals surface area contributed by atoms with Gasteiger partial charge in [0.25, 0.3) is 0 Å². The number of fused-ring (bicyclic) bond motifs is 4. The Kier molecular flexibility index (Phi) is 6.74. The minimum Gasteiger partial charge on any atom is -0.475 e. The smallest absolute Gasteiger partial charge is 0.246 e. The molecule has 4 aliphatic heterocycles. The number of carbonyl (C=O) groups excluding carboxylic acids is 1. The van der Waals surface area contributed by atoms with E-state index in [1.807, 2.05) is 47.4 Å². The average molecular weight is 622 g/mol. The first-order chi connectivity index (χ1) is 21.9. The van der Waals surface area contributed by atoms with Gasteiger partial charge in [0.15, 0.2) is 5.82 Å². The number of hydrogen-bond acceptors (Lipinski definition) is 6. The molecular weight excluding hydrogens is 589 g/mol. The molecule has 4 aliphatic rings. The van der Waals surface area contributed by atoms with Crippen molar-refractivity contribution in [1.29, 1.82) is 5.26 Å². The van der Waals surface area contributed by atoms with Crippen molar-refractivity contribution in [3.63, 3.8) is 0 Å². The van der Waals surface area contributed by atoms with Crippen molar-refractivity contribution < 1.29 is 13.9 Å². The van der Waals surface area contributed by atoms with Crippen LogP contribution >= 0.6 is 11.6 Å². The Balaban J connectivity index is 1.28. The van der Waals surface area contributed by atoms with Crippen molar-refractivity contribution in [2.75, 3.05) is 37.7 Å². The molecule has 0 saturated carbocycles. The lowest BCUT2D eigenvalue weighted by Crippen LogP contribution is -2.63. The van der Waals surface area contributed by atoms with Crippen LogP contribution in [-0.2, 0) is 4.79 Å². The van der Waals surface area contributed by atoms with Crippen molar-refractivity contribution in [3.05, 3.63) is 77.6 Å². The van der Waals surface area contributed by atoms with Crippen LogP contribution in [0.25, 0.3) is 32.8 Å². The molecule has 0 bridgehead atoms. The zero-order valence-electron chi connectivity index (χ0n) is 24.9. The van der Waals surface area contributed by atoms with E-state index in [4.69, 9.17) is 21.3 Å². The summed E-state index contributed by atoms with van der Waals surface area (Å²) in [6, 6.07) is 17.4. The van der Waals surface area contributed by atoms with Gasteiger partial charge in [-0.15, -0.1) is 0 Å². The van der Waals surface area contributed by atoms with Gasteiger partial charge in [-0.2, -0.15) is 5.26 Å². The highest BCUT2D eigenvalue weighted by atomic mass is 35.5. The maximum absolute atomic E-state index is 16.9. The first kappa shape index (κ1) is 28.3. The summed E-state index contributed by atoms with van der Waals surface area (Å²) < 4.78 is 23.4. The number of carbonyl (C=O) groups is 1. The summed E-state index contributed by atoms with van der Waals surface area (Å²) >= 11 is 6.64. The fraction of sp³-hybridized carbons (Fsp3) is 0.361.